The summed E-state index contributed by atoms with van der Waals surface area (Å²) >= 11 is 0. The van der Waals surface area contributed by atoms with E-state index < -0.39 is 0 Å². The Morgan fingerprint density at radius 2 is 2.00 bits per heavy atom. The zero-order valence-corrected chi connectivity index (χ0v) is 10.3. The first-order valence-corrected chi connectivity index (χ1v) is 6.24. The van der Waals surface area contributed by atoms with Crippen molar-refractivity contribution in [2.24, 2.45) is 5.92 Å². The molecule has 15 heavy (non-hydrogen) atoms. The van der Waals surface area contributed by atoms with E-state index in [4.69, 9.17) is 4.74 Å². The third-order valence-corrected chi connectivity index (χ3v) is 3.23. The van der Waals surface area contributed by atoms with Crippen molar-refractivity contribution in [2.45, 2.75) is 25.7 Å². The molecule has 1 saturated heterocycles. The van der Waals surface area contributed by atoms with E-state index in [0.717, 1.165) is 25.7 Å². The summed E-state index contributed by atoms with van der Waals surface area (Å²) in [6, 6.07) is 0. The molecular formula is C12H26N2O. The number of hydrogen-bond acceptors (Lipinski definition) is 3. The summed E-state index contributed by atoms with van der Waals surface area (Å²) < 4.78 is 5.36. The molecule has 1 heterocycles. The van der Waals surface area contributed by atoms with Gasteiger partial charge in [-0.05, 0) is 65.3 Å². The predicted octanol–water partition coefficient (Wildman–Crippen LogP) is 1.34. The third kappa shape index (κ3) is 6.13. The van der Waals surface area contributed by atoms with Gasteiger partial charge in [-0.1, -0.05) is 0 Å². The maximum Gasteiger partial charge on any atom is 0.0468 e. The highest BCUT2D eigenvalue weighted by atomic mass is 16.5. The van der Waals surface area contributed by atoms with E-state index in [2.05, 4.69) is 17.3 Å². The minimum absolute atomic E-state index is 0.908. The Hall–Kier alpha value is -0.120. The fourth-order valence-corrected chi connectivity index (χ4v) is 2.08. The van der Waals surface area contributed by atoms with Gasteiger partial charge in [0.1, 0.15) is 0 Å². The van der Waals surface area contributed by atoms with Gasteiger partial charge in [0.2, 0.25) is 0 Å². The SMILES string of the molecule is CNCCCN(C)CCC1CCOCC1. The fourth-order valence-electron chi connectivity index (χ4n) is 2.08. The highest BCUT2D eigenvalue weighted by molar-refractivity contribution is 4.65. The molecule has 0 unspecified atom stereocenters. The van der Waals surface area contributed by atoms with Gasteiger partial charge in [0.15, 0.2) is 0 Å². The highest BCUT2D eigenvalue weighted by Crippen LogP contribution is 2.18. The Morgan fingerprint density at radius 3 is 2.67 bits per heavy atom. The van der Waals surface area contributed by atoms with Crippen molar-refractivity contribution in [3.8, 4) is 0 Å². The number of nitrogens with one attached hydrogen (secondary N) is 1. The van der Waals surface area contributed by atoms with Gasteiger partial charge in [0.05, 0.1) is 0 Å². The van der Waals surface area contributed by atoms with Crippen LogP contribution in [0.2, 0.25) is 0 Å². The Bertz CT molecular complexity index is 147. The molecule has 0 atom stereocenters. The second-order valence-electron chi connectivity index (χ2n) is 4.60. The molecule has 3 heteroatoms. The highest BCUT2D eigenvalue weighted by Gasteiger charge is 2.13. The second kappa shape index (κ2) is 8.08. The molecule has 1 aliphatic rings. The molecule has 0 aromatic carbocycles. The number of nitrogens with zero attached hydrogens (tertiary/aromatic N) is 1. The molecule has 1 N–H and O–H groups in total. The van der Waals surface area contributed by atoms with Crippen molar-refractivity contribution in [1.29, 1.82) is 0 Å². The largest absolute Gasteiger partial charge is 0.381 e. The lowest BCUT2D eigenvalue weighted by Crippen LogP contribution is -2.26. The molecule has 0 aromatic heterocycles. The number of hydrogen-bond donors (Lipinski definition) is 1. The lowest BCUT2D eigenvalue weighted by atomic mass is 9.96. The fraction of sp³-hybridized carbons (Fsp3) is 1.00. The van der Waals surface area contributed by atoms with Crippen LogP contribution >= 0.6 is 0 Å². The van der Waals surface area contributed by atoms with Crippen molar-refractivity contribution in [3.63, 3.8) is 0 Å². The number of ether oxygens (including phenoxy) is 1. The summed E-state index contributed by atoms with van der Waals surface area (Å²) in [5, 5.41) is 3.19. The first-order chi connectivity index (χ1) is 7.33. The van der Waals surface area contributed by atoms with Crippen molar-refractivity contribution < 1.29 is 4.74 Å². The first-order valence-electron chi connectivity index (χ1n) is 6.24. The van der Waals surface area contributed by atoms with Crippen LogP contribution in [0.3, 0.4) is 0 Å². The molecule has 0 saturated carbocycles. The average Bonchev–Trinajstić information content (AvgIpc) is 2.28. The van der Waals surface area contributed by atoms with Crippen molar-refractivity contribution in [1.82, 2.24) is 10.2 Å². The van der Waals surface area contributed by atoms with E-state index in [0.29, 0.717) is 0 Å². The summed E-state index contributed by atoms with van der Waals surface area (Å²) in [6.07, 6.45) is 5.13. The van der Waals surface area contributed by atoms with E-state index in [1.165, 1.54) is 38.8 Å². The molecule has 0 aromatic rings. The van der Waals surface area contributed by atoms with Crippen molar-refractivity contribution in [2.75, 3.05) is 46.9 Å². The summed E-state index contributed by atoms with van der Waals surface area (Å²) in [7, 11) is 4.25. The Balaban J connectivity index is 1.97. The Labute approximate surface area is 94.2 Å². The van der Waals surface area contributed by atoms with Crippen LogP contribution in [0.4, 0.5) is 0 Å². The monoisotopic (exact) mass is 214 g/mol. The lowest BCUT2D eigenvalue weighted by Gasteiger charge is -2.24. The van der Waals surface area contributed by atoms with Gasteiger partial charge >= 0.3 is 0 Å². The topological polar surface area (TPSA) is 24.5 Å². The molecule has 0 spiro atoms. The normalized spacial score (nSPS) is 18.6. The molecule has 0 radical (unpaired) electrons. The van der Waals surface area contributed by atoms with E-state index in [-0.39, 0.29) is 0 Å². The maximum atomic E-state index is 5.36. The van der Waals surface area contributed by atoms with Crippen LogP contribution in [0.5, 0.6) is 0 Å². The van der Waals surface area contributed by atoms with Crippen LogP contribution in [-0.4, -0.2) is 51.8 Å². The summed E-state index contributed by atoms with van der Waals surface area (Å²) in [6.45, 7) is 5.54. The van der Waals surface area contributed by atoms with Gasteiger partial charge in [-0.3, -0.25) is 0 Å². The number of rotatable bonds is 7. The van der Waals surface area contributed by atoms with Gasteiger partial charge in [-0.15, -0.1) is 0 Å². The van der Waals surface area contributed by atoms with E-state index >= 15 is 0 Å². The Morgan fingerprint density at radius 1 is 1.27 bits per heavy atom. The van der Waals surface area contributed by atoms with Gasteiger partial charge in [0, 0.05) is 13.2 Å². The molecule has 0 bridgehead atoms. The van der Waals surface area contributed by atoms with E-state index in [1.54, 1.807) is 0 Å². The zero-order chi connectivity index (χ0) is 10.9. The van der Waals surface area contributed by atoms with Crippen LogP contribution in [0.1, 0.15) is 25.7 Å². The second-order valence-corrected chi connectivity index (χ2v) is 4.60. The standard InChI is InChI=1S/C12H26N2O/c1-13-7-3-8-14(2)9-4-12-5-10-15-11-6-12/h12-13H,3-11H2,1-2H3. The molecule has 1 fully saturated rings. The summed E-state index contributed by atoms with van der Waals surface area (Å²) in [4.78, 5) is 2.45. The van der Waals surface area contributed by atoms with Gasteiger partial charge in [-0.2, -0.15) is 0 Å². The molecule has 90 valence electrons. The minimum Gasteiger partial charge on any atom is -0.381 e. The molecule has 0 aliphatic carbocycles. The smallest absolute Gasteiger partial charge is 0.0468 e. The van der Waals surface area contributed by atoms with Gasteiger partial charge in [-0.25, -0.2) is 0 Å². The Kier molecular flexibility index (Phi) is 6.98. The molecule has 1 rings (SSSR count). The quantitative estimate of drug-likeness (QED) is 0.647. The zero-order valence-electron chi connectivity index (χ0n) is 10.3. The van der Waals surface area contributed by atoms with Gasteiger partial charge in [0.25, 0.3) is 0 Å². The maximum absolute atomic E-state index is 5.36. The minimum atomic E-state index is 0.908. The lowest BCUT2D eigenvalue weighted by molar-refractivity contribution is 0.0610. The van der Waals surface area contributed by atoms with Crippen LogP contribution in [0, 0.1) is 5.92 Å². The average molecular weight is 214 g/mol. The van der Waals surface area contributed by atoms with E-state index in [1.807, 2.05) is 7.05 Å². The molecule has 1 aliphatic heterocycles. The van der Waals surface area contributed by atoms with Crippen LogP contribution in [-0.2, 0) is 4.74 Å². The van der Waals surface area contributed by atoms with Crippen molar-refractivity contribution in [3.05, 3.63) is 0 Å². The molecule has 0 amide bonds. The van der Waals surface area contributed by atoms with E-state index in [9.17, 15) is 0 Å². The summed E-state index contributed by atoms with van der Waals surface area (Å²) in [5.74, 6) is 0.908. The first kappa shape index (κ1) is 12.9. The van der Waals surface area contributed by atoms with Gasteiger partial charge < -0.3 is 15.0 Å². The van der Waals surface area contributed by atoms with Crippen LogP contribution in [0.25, 0.3) is 0 Å². The third-order valence-electron chi connectivity index (χ3n) is 3.23. The summed E-state index contributed by atoms with van der Waals surface area (Å²) in [5.41, 5.74) is 0. The molecule has 3 nitrogen and oxygen atoms in total. The predicted molar refractivity (Wildman–Crippen MR) is 64.2 cm³/mol. The van der Waals surface area contributed by atoms with Crippen LogP contribution < -0.4 is 5.32 Å². The van der Waals surface area contributed by atoms with Crippen molar-refractivity contribution >= 4 is 0 Å². The molecular weight excluding hydrogens is 188 g/mol. The van der Waals surface area contributed by atoms with Crippen LogP contribution in [0.15, 0.2) is 0 Å².